The highest BCUT2D eigenvalue weighted by molar-refractivity contribution is 5.94. The molecule has 0 unspecified atom stereocenters. The van der Waals surface area contributed by atoms with Gasteiger partial charge in [0.05, 0.1) is 18.8 Å². The topological polar surface area (TPSA) is 49.8 Å². The van der Waals surface area contributed by atoms with Crippen LogP contribution in [0.1, 0.15) is 54.7 Å². The molecule has 4 heteroatoms. The van der Waals surface area contributed by atoms with Gasteiger partial charge in [0.15, 0.2) is 0 Å². The second-order valence-electron chi connectivity index (χ2n) is 7.38. The molecular weight excluding hydrogens is 326 g/mol. The average Bonchev–Trinajstić information content (AvgIpc) is 2.64. The number of hydrogen-bond acceptors (Lipinski definition) is 3. The molecule has 4 nitrogen and oxygen atoms in total. The number of rotatable bonds is 7. The van der Waals surface area contributed by atoms with Crippen molar-refractivity contribution in [1.29, 1.82) is 0 Å². The number of aliphatic hydroxyl groups is 1. The Morgan fingerprint density at radius 3 is 2.42 bits per heavy atom. The molecule has 0 aliphatic heterocycles. The molecule has 0 heterocycles. The zero-order valence-corrected chi connectivity index (χ0v) is 16.3. The molecule has 0 bridgehead atoms. The van der Waals surface area contributed by atoms with E-state index in [1.165, 1.54) is 0 Å². The van der Waals surface area contributed by atoms with E-state index in [1.807, 2.05) is 62.5 Å². The normalized spacial score (nSPS) is 12.5. The van der Waals surface area contributed by atoms with Gasteiger partial charge in [0.25, 0.3) is 5.91 Å². The number of carbonyl (C=O) groups is 1. The maximum atomic E-state index is 12.9. The third-order valence-corrected chi connectivity index (χ3v) is 4.70. The summed E-state index contributed by atoms with van der Waals surface area (Å²) < 4.78 is 5.19. The summed E-state index contributed by atoms with van der Waals surface area (Å²) in [6, 6.07) is 15.4. The third-order valence-electron chi connectivity index (χ3n) is 4.70. The van der Waals surface area contributed by atoms with Gasteiger partial charge < -0.3 is 14.7 Å². The summed E-state index contributed by atoms with van der Waals surface area (Å²) in [5.74, 6) is 0.785. The molecule has 0 radical (unpaired) electrons. The van der Waals surface area contributed by atoms with Crippen LogP contribution in [0.5, 0.6) is 5.75 Å². The van der Waals surface area contributed by atoms with E-state index in [0.29, 0.717) is 12.0 Å². The lowest BCUT2D eigenvalue weighted by molar-refractivity contribution is 0.0714. The van der Waals surface area contributed by atoms with Crippen molar-refractivity contribution in [2.24, 2.45) is 0 Å². The Balaban J connectivity index is 2.11. The summed E-state index contributed by atoms with van der Waals surface area (Å²) in [5, 5.41) is 9.90. The van der Waals surface area contributed by atoms with E-state index in [1.54, 1.807) is 25.9 Å². The van der Waals surface area contributed by atoms with Gasteiger partial charge in [-0.05, 0) is 69.0 Å². The lowest BCUT2D eigenvalue weighted by atomic mass is 9.97. The number of methoxy groups -OCH3 is 1. The fourth-order valence-electron chi connectivity index (χ4n) is 2.80. The van der Waals surface area contributed by atoms with Crippen LogP contribution >= 0.6 is 0 Å². The largest absolute Gasteiger partial charge is 0.497 e. The van der Waals surface area contributed by atoms with E-state index >= 15 is 0 Å². The van der Waals surface area contributed by atoms with Crippen LogP contribution in [0, 0.1) is 0 Å². The van der Waals surface area contributed by atoms with E-state index < -0.39 is 5.60 Å². The molecule has 2 aromatic carbocycles. The lowest BCUT2D eigenvalue weighted by Gasteiger charge is -2.26. The van der Waals surface area contributed by atoms with Crippen molar-refractivity contribution in [3.05, 3.63) is 65.2 Å². The highest BCUT2D eigenvalue weighted by atomic mass is 16.5. The van der Waals surface area contributed by atoms with E-state index in [9.17, 15) is 9.90 Å². The first-order valence-electron chi connectivity index (χ1n) is 8.93. The summed E-state index contributed by atoms with van der Waals surface area (Å²) in [7, 11) is 3.46. The molecule has 2 rings (SSSR count). The predicted molar refractivity (Wildman–Crippen MR) is 105 cm³/mol. The van der Waals surface area contributed by atoms with Crippen molar-refractivity contribution in [1.82, 2.24) is 4.90 Å². The highest BCUT2D eigenvalue weighted by Gasteiger charge is 2.19. The van der Waals surface area contributed by atoms with Gasteiger partial charge >= 0.3 is 0 Å². The molecule has 140 valence electrons. The first-order valence-corrected chi connectivity index (χ1v) is 8.93. The highest BCUT2D eigenvalue weighted by Crippen LogP contribution is 2.23. The standard InChI is InChI=1S/C22H29NO3/c1-16(18-9-11-20(26-5)12-10-18)23(4)21(24)19-8-6-7-17(15-19)13-14-22(2,3)25/h6-12,15-16,25H,13-14H2,1-5H3/t16-/m0/s1. The lowest BCUT2D eigenvalue weighted by Crippen LogP contribution is -2.29. The zero-order valence-electron chi connectivity index (χ0n) is 16.3. The number of benzene rings is 2. The molecule has 0 spiro atoms. The van der Waals surface area contributed by atoms with Gasteiger partial charge in [-0.2, -0.15) is 0 Å². The van der Waals surface area contributed by atoms with Gasteiger partial charge in [-0.1, -0.05) is 24.3 Å². The van der Waals surface area contributed by atoms with Crippen LogP contribution < -0.4 is 4.74 Å². The maximum Gasteiger partial charge on any atom is 0.254 e. The van der Waals surface area contributed by atoms with Gasteiger partial charge in [-0.25, -0.2) is 0 Å². The molecule has 0 aliphatic rings. The quantitative estimate of drug-likeness (QED) is 0.808. The summed E-state index contributed by atoms with van der Waals surface area (Å²) in [6.45, 7) is 5.61. The molecule has 26 heavy (non-hydrogen) atoms. The molecular formula is C22H29NO3. The van der Waals surface area contributed by atoms with E-state index in [4.69, 9.17) is 4.74 Å². The first-order chi connectivity index (χ1) is 12.2. The van der Waals surface area contributed by atoms with Crippen molar-refractivity contribution < 1.29 is 14.6 Å². The van der Waals surface area contributed by atoms with Crippen LogP contribution in [0.3, 0.4) is 0 Å². The van der Waals surface area contributed by atoms with Gasteiger partial charge in [0.1, 0.15) is 5.75 Å². The van der Waals surface area contributed by atoms with Crippen molar-refractivity contribution in [3.8, 4) is 5.75 Å². The zero-order chi connectivity index (χ0) is 19.3. The van der Waals surface area contributed by atoms with E-state index in [2.05, 4.69) is 0 Å². The van der Waals surface area contributed by atoms with E-state index in [0.717, 1.165) is 23.3 Å². The van der Waals surface area contributed by atoms with Crippen LogP contribution in [0.4, 0.5) is 0 Å². The molecule has 2 aromatic rings. The Kier molecular flexibility index (Phi) is 6.43. The first kappa shape index (κ1) is 20.0. The Morgan fingerprint density at radius 2 is 1.85 bits per heavy atom. The Bertz CT molecular complexity index is 732. The van der Waals surface area contributed by atoms with Crippen LogP contribution in [0.25, 0.3) is 0 Å². The minimum atomic E-state index is -0.709. The number of carbonyl (C=O) groups excluding carboxylic acids is 1. The third kappa shape index (κ3) is 5.33. The monoisotopic (exact) mass is 355 g/mol. The maximum absolute atomic E-state index is 12.9. The fourth-order valence-corrected chi connectivity index (χ4v) is 2.80. The van der Waals surface area contributed by atoms with Crippen LogP contribution in [0.15, 0.2) is 48.5 Å². The molecule has 1 atom stereocenters. The Labute approximate surface area is 156 Å². The Hall–Kier alpha value is -2.33. The number of nitrogens with zero attached hydrogens (tertiary/aromatic N) is 1. The van der Waals surface area contributed by atoms with Crippen molar-refractivity contribution >= 4 is 5.91 Å². The molecule has 0 aliphatic carbocycles. The minimum absolute atomic E-state index is 0.0153. The molecule has 0 aromatic heterocycles. The molecule has 0 saturated carbocycles. The molecule has 1 amide bonds. The van der Waals surface area contributed by atoms with Crippen LogP contribution in [0.2, 0.25) is 0 Å². The summed E-state index contributed by atoms with van der Waals surface area (Å²) >= 11 is 0. The SMILES string of the molecule is COc1ccc([C@H](C)N(C)C(=O)c2cccc(CCC(C)(C)O)c2)cc1. The smallest absolute Gasteiger partial charge is 0.254 e. The molecule has 0 saturated heterocycles. The van der Waals surface area contributed by atoms with Crippen molar-refractivity contribution in [2.45, 2.75) is 45.3 Å². The number of aryl methyl sites for hydroxylation is 1. The van der Waals surface area contributed by atoms with Gasteiger partial charge in [0.2, 0.25) is 0 Å². The summed E-state index contributed by atoms with van der Waals surface area (Å²) in [4.78, 5) is 14.6. The Morgan fingerprint density at radius 1 is 1.19 bits per heavy atom. The van der Waals surface area contributed by atoms with Crippen LogP contribution in [-0.4, -0.2) is 35.7 Å². The number of ether oxygens (including phenoxy) is 1. The predicted octanol–water partition coefficient (Wildman–Crippen LogP) is 4.23. The second-order valence-corrected chi connectivity index (χ2v) is 7.38. The number of amides is 1. The van der Waals surface area contributed by atoms with Gasteiger partial charge in [-0.3, -0.25) is 4.79 Å². The van der Waals surface area contributed by atoms with Gasteiger partial charge in [0, 0.05) is 12.6 Å². The average molecular weight is 355 g/mol. The summed E-state index contributed by atoms with van der Waals surface area (Å²) in [6.07, 6.45) is 1.39. The van der Waals surface area contributed by atoms with Gasteiger partial charge in [-0.15, -0.1) is 0 Å². The van der Waals surface area contributed by atoms with Crippen LogP contribution in [-0.2, 0) is 6.42 Å². The van der Waals surface area contributed by atoms with Crippen molar-refractivity contribution in [3.63, 3.8) is 0 Å². The fraction of sp³-hybridized carbons (Fsp3) is 0.409. The van der Waals surface area contributed by atoms with Crippen molar-refractivity contribution in [2.75, 3.05) is 14.2 Å². The minimum Gasteiger partial charge on any atom is -0.497 e. The molecule has 0 fully saturated rings. The second kappa shape index (κ2) is 8.37. The number of hydrogen-bond donors (Lipinski definition) is 1. The van der Waals surface area contributed by atoms with E-state index in [-0.39, 0.29) is 11.9 Å². The summed E-state index contributed by atoms with van der Waals surface area (Å²) in [5.41, 5.74) is 2.07. The molecule has 1 N–H and O–H groups in total.